The largest absolute Gasteiger partial charge is 0.434 e. The Hall–Kier alpha value is -2.76. The van der Waals surface area contributed by atoms with Crippen LogP contribution in [0.2, 0.25) is 0 Å². The summed E-state index contributed by atoms with van der Waals surface area (Å²) in [6, 6.07) is 10.5. The molecular weight excluding hydrogens is 517 g/mol. The van der Waals surface area contributed by atoms with E-state index in [9.17, 15) is 8.78 Å². The molecule has 0 fully saturated rings. The zero-order valence-corrected chi connectivity index (χ0v) is 19.6. The lowest BCUT2D eigenvalue weighted by Gasteiger charge is -2.14. The molecule has 0 saturated carbocycles. The van der Waals surface area contributed by atoms with E-state index in [4.69, 9.17) is 0 Å². The lowest BCUT2D eigenvalue weighted by Crippen LogP contribution is -2.36. The van der Waals surface area contributed by atoms with E-state index in [1.54, 1.807) is 30.6 Å². The van der Waals surface area contributed by atoms with Crippen LogP contribution >= 0.6 is 24.0 Å². The maximum Gasteiger partial charge on any atom is 0.387 e. The van der Waals surface area contributed by atoms with Crippen LogP contribution in [-0.2, 0) is 13.1 Å². The molecule has 0 atom stereocenters. The molecule has 0 aliphatic rings. The quantitative estimate of drug-likeness (QED) is 0.255. The number of aliphatic imine (C=N–C) groups is 1. The maximum atomic E-state index is 12.6. The number of nitrogens with zero attached hydrogens (tertiary/aromatic N) is 4. The SMILES string of the molecule is CCNC(=NCc1ccc(-n2ccnc2C)nc1)NCc1ccccc1OC(F)F.I. The molecular formula is C21H25F2IN6O. The van der Waals surface area contributed by atoms with Crippen molar-refractivity contribution in [3.8, 4) is 11.6 Å². The van der Waals surface area contributed by atoms with Crippen LogP contribution in [0.3, 0.4) is 0 Å². The molecule has 166 valence electrons. The average Bonchev–Trinajstić information content (AvgIpc) is 3.17. The van der Waals surface area contributed by atoms with Crippen LogP contribution < -0.4 is 15.4 Å². The van der Waals surface area contributed by atoms with E-state index >= 15 is 0 Å². The number of pyridine rings is 1. The first-order valence-corrected chi connectivity index (χ1v) is 9.57. The van der Waals surface area contributed by atoms with Gasteiger partial charge in [-0.05, 0) is 31.5 Å². The van der Waals surface area contributed by atoms with E-state index in [-0.39, 0.29) is 29.7 Å². The van der Waals surface area contributed by atoms with Gasteiger partial charge in [0.1, 0.15) is 17.4 Å². The number of alkyl halides is 2. The van der Waals surface area contributed by atoms with Gasteiger partial charge in [0.15, 0.2) is 5.96 Å². The van der Waals surface area contributed by atoms with Crippen LogP contribution in [0.25, 0.3) is 5.82 Å². The smallest absolute Gasteiger partial charge is 0.387 e. The number of para-hydroxylation sites is 1. The number of halogens is 3. The normalized spacial score (nSPS) is 11.2. The van der Waals surface area contributed by atoms with Crippen molar-refractivity contribution >= 4 is 29.9 Å². The van der Waals surface area contributed by atoms with Gasteiger partial charge in [0.25, 0.3) is 0 Å². The van der Waals surface area contributed by atoms with Crippen molar-refractivity contribution in [1.29, 1.82) is 0 Å². The Labute approximate surface area is 197 Å². The number of aromatic nitrogens is 3. The topological polar surface area (TPSA) is 76.4 Å². The fourth-order valence-electron chi connectivity index (χ4n) is 2.82. The second kappa shape index (κ2) is 12.2. The van der Waals surface area contributed by atoms with Crippen LogP contribution in [0.5, 0.6) is 5.75 Å². The number of imidazole rings is 1. The van der Waals surface area contributed by atoms with E-state index < -0.39 is 6.61 Å². The van der Waals surface area contributed by atoms with E-state index in [1.165, 1.54) is 6.07 Å². The molecule has 7 nitrogen and oxygen atoms in total. The first kappa shape index (κ1) is 24.5. The average molecular weight is 542 g/mol. The second-order valence-electron chi connectivity index (χ2n) is 6.40. The van der Waals surface area contributed by atoms with Crippen molar-refractivity contribution in [3.63, 3.8) is 0 Å². The van der Waals surface area contributed by atoms with Crippen LogP contribution in [-0.4, -0.2) is 33.7 Å². The Morgan fingerprint density at radius 2 is 1.97 bits per heavy atom. The molecule has 2 heterocycles. The number of aryl methyl sites for hydroxylation is 1. The van der Waals surface area contributed by atoms with Crippen molar-refractivity contribution in [3.05, 3.63) is 71.9 Å². The minimum absolute atomic E-state index is 0. The van der Waals surface area contributed by atoms with Crippen molar-refractivity contribution in [2.45, 2.75) is 33.5 Å². The molecule has 0 aliphatic heterocycles. The minimum Gasteiger partial charge on any atom is -0.434 e. The number of hydrogen-bond acceptors (Lipinski definition) is 4. The number of benzene rings is 1. The molecule has 0 amide bonds. The van der Waals surface area contributed by atoms with Gasteiger partial charge in [-0.3, -0.25) is 4.57 Å². The Bertz CT molecular complexity index is 978. The van der Waals surface area contributed by atoms with Gasteiger partial charge < -0.3 is 15.4 Å². The third-order valence-corrected chi connectivity index (χ3v) is 4.28. The Kier molecular flexibility index (Phi) is 9.63. The van der Waals surface area contributed by atoms with E-state index in [2.05, 4.69) is 30.3 Å². The molecule has 3 aromatic rings. The Morgan fingerprint density at radius 1 is 1.16 bits per heavy atom. The molecule has 3 rings (SSSR count). The molecule has 10 heteroatoms. The molecule has 2 aromatic heterocycles. The molecule has 0 unspecified atom stereocenters. The van der Waals surface area contributed by atoms with Crippen molar-refractivity contribution < 1.29 is 13.5 Å². The number of guanidine groups is 1. The number of ether oxygens (including phenoxy) is 1. The van der Waals surface area contributed by atoms with Crippen LogP contribution in [0.15, 0.2) is 60.0 Å². The summed E-state index contributed by atoms with van der Waals surface area (Å²) in [5, 5.41) is 6.28. The first-order valence-electron chi connectivity index (χ1n) is 9.57. The van der Waals surface area contributed by atoms with E-state index in [1.807, 2.05) is 36.7 Å². The summed E-state index contributed by atoms with van der Waals surface area (Å²) in [6.45, 7) is 2.38. The van der Waals surface area contributed by atoms with Crippen LogP contribution in [0.1, 0.15) is 23.9 Å². The summed E-state index contributed by atoms with van der Waals surface area (Å²) in [5.41, 5.74) is 1.56. The monoisotopic (exact) mass is 542 g/mol. The van der Waals surface area contributed by atoms with Gasteiger partial charge in [0.05, 0.1) is 6.54 Å². The summed E-state index contributed by atoms with van der Waals surface area (Å²) >= 11 is 0. The Balaban J connectivity index is 0.00000341. The van der Waals surface area contributed by atoms with Gasteiger partial charge in [0, 0.05) is 37.2 Å². The molecule has 0 saturated heterocycles. The third-order valence-electron chi connectivity index (χ3n) is 4.28. The molecule has 2 N–H and O–H groups in total. The third kappa shape index (κ3) is 7.16. The van der Waals surface area contributed by atoms with Gasteiger partial charge >= 0.3 is 6.61 Å². The molecule has 1 aromatic carbocycles. The number of hydrogen-bond donors (Lipinski definition) is 2. The fraction of sp³-hybridized carbons (Fsp3) is 0.286. The van der Waals surface area contributed by atoms with Gasteiger partial charge in [-0.2, -0.15) is 8.78 Å². The highest BCUT2D eigenvalue weighted by atomic mass is 127. The van der Waals surface area contributed by atoms with Crippen molar-refractivity contribution in [2.24, 2.45) is 4.99 Å². The van der Waals surface area contributed by atoms with Crippen molar-refractivity contribution in [1.82, 2.24) is 25.2 Å². The summed E-state index contributed by atoms with van der Waals surface area (Å²) < 4.78 is 31.6. The minimum atomic E-state index is -2.87. The highest BCUT2D eigenvalue weighted by Gasteiger charge is 2.09. The van der Waals surface area contributed by atoms with Gasteiger partial charge in [-0.25, -0.2) is 15.0 Å². The maximum absolute atomic E-state index is 12.6. The van der Waals surface area contributed by atoms with Gasteiger partial charge in [-0.1, -0.05) is 24.3 Å². The van der Waals surface area contributed by atoms with E-state index in [0.717, 1.165) is 17.2 Å². The standard InChI is InChI=1S/C21H24F2N6O.HI/c1-3-24-21(28-14-17-6-4-5-7-18(17)30-20(22)23)27-13-16-8-9-19(26-12-16)29-11-10-25-15(29)2;/h4-12,20H,3,13-14H2,1-2H3,(H2,24,27,28);1H. The fourth-order valence-corrected chi connectivity index (χ4v) is 2.82. The molecule has 0 radical (unpaired) electrons. The summed E-state index contributed by atoms with van der Waals surface area (Å²) in [6.07, 6.45) is 5.36. The second-order valence-corrected chi connectivity index (χ2v) is 6.40. The molecule has 0 bridgehead atoms. The van der Waals surface area contributed by atoms with Gasteiger partial charge in [-0.15, -0.1) is 24.0 Å². The van der Waals surface area contributed by atoms with E-state index in [0.29, 0.717) is 31.2 Å². The summed E-state index contributed by atoms with van der Waals surface area (Å²) in [7, 11) is 0. The lowest BCUT2D eigenvalue weighted by molar-refractivity contribution is -0.0504. The molecule has 0 aliphatic carbocycles. The summed E-state index contributed by atoms with van der Waals surface area (Å²) in [4.78, 5) is 13.2. The Morgan fingerprint density at radius 3 is 2.61 bits per heavy atom. The predicted molar refractivity (Wildman–Crippen MR) is 126 cm³/mol. The zero-order chi connectivity index (χ0) is 21.3. The first-order chi connectivity index (χ1) is 14.6. The number of rotatable bonds is 8. The van der Waals surface area contributed by atoms with Crippen molar-refractivity contribution in [2.75, 3.05) is 6.54 Å². The zero-order valence-electron chi connectivity index (χ0n) is 17.3. The van der Waals surface area contributed by atoms with Crippen LogP contribution in [0.4, 0.5) is 8.78 Å². The summed E-state index contributed by atoms with van der Waals surface area (Å²) in [5.74, 6) is 2.37. The molecule has 31 heavy (non-hydrogen) atoms. The lowest BCUT2D eigenvalue weighted by atomic mass is 10.2. The molecule has 0 spiro atoms. The number of nitrogens with one attached hydrogen (secondary N) is 2. The predicted octanol–water partition coefficient (Wildman–Crippen LogP) is 4.05. The highest BCUT2D eigenvalue weighted by Crippen LogP contribution is 2.20. The van der Waals surface area contributed by atoms with Gasteiger partial charge in [0.2, 0.25) is 0 Å². The highest BCUT2D eigenvalue weighted by molar-refractivity contribution is 14.0. The van der Waals surface area contributed by atoms with Crippen LogP contribution in [0, 0.1) is 6.92 Å².